The van der Waals surface area contributed by atoms with E-state index in [1.165, 1.54) is 22.9 Å². The van der Waals surface area contributed by atoms with E-state index >= 15 is 0 Å². The van der Waals surface area contributed by atoms with Crippen molar-refractivity contribution in [3.8, 4) is 5.69 Å². The highest BCUT2D eigenvalue weighted by molar-refractivity contribution is 7.99. The average molecular weight is 405 g/mol. The minimum Gasteiger partial charge on any atom is -0.349 e. The molecule has 1 amide bonds. The molecule has 1 fully saturated rings. The van der Waals surface area contributed by atoms with Crippen molar-refractivity contribution in [1.82, 2.24) is 20.1 Å². The second-order valence-electron chi connectivity index (χ2n) is 7.79. The number of hydrogen-bond donors (Lipinski definition) is 1. The summed E-state index contributed by atoms with van der Waals surface area (Å²) in [5.74, 6) is 1.89. The molecule has 0 unspecified atom stereocenters. The van der Waals surface area contributed by atoms with Gasteiger partial charge in [0.05, 0.1) is 11.8 Å². The van der Waals surface area contributed by atoms with Gasteiger partial charge in [-0.25, -0.2) is 0 Å². The van der Waals surface area contributed by atoms with Gasteiger partial charge in [0.1, 0.15) is 5.82 Å². The summed E-state index contributed by atoms with van der Waals surface area (Å²) in [6.07, 6.45) is 5.54. The van der Waals surface area contributed by atoms with Gasteiger partial charge in [-0.15, -0.1) is 10.2 Å². The molecule has 29 heavy (non-hydrogen) atoms. The molecule has 2 aliphatic rings. The highest BCUT2D eigenvalue weighted by Crippen LogP contribution is 2.41. The van der Waals surface area contributed by atoms with Gasteiger partial charge in [0.15, 0.2) is 5.16 Å². The van der Waals surface area contributed by atoms with Crippen LogP contribution in [-0.2, 0) is 11.2 Å². The van der Waals surface area contributed by atoms with Crippen molar-refractivity contribution in [3.63, 3.8) is 0 Å². The van der Waals surface area contributed by atoms with Crippen LogP contribution >= 0.6 is 11.8 Å². The summed E-state index contributed by atoms with van der Waals surface area (Å²) in [5.41, 5.74) is 3.68. The zero-order chi connectivity index (χ0) is 19.6. The van der Waals surface area contributed by atoms with Gasteiger partial charge in [-0.1, -0.05) is 54.2 Å². The molecular formula is C23H24N4OS. The molecular weight excluding hydrogens is 380 g/mol. The molecule has 5 rings (SSSR count). The van der Waals surface area contributed by atoms with E-state index in [4.69, 9.17) is 0 Å². The average Bonchev–Trinajstić information content (AvgIpc) is 3.52. The van der Waals surface area contributed by atoms with Crippen LogP contribution in [0.25, 0.3) is 5.69 Å². The Balaban J connectivity index is 1.29. The van der Waals surface area contributed by atoms with E-state index < -0.39 is 0 Å². The number of thioether (sulfide) groups is 1. The SMILES string of the molecule is O=C(CSc1nnc(C2CC2)n1-c1ccccc1)N[C@@H]1CCCc2ccccc21. The lowest BCUT2D eigenvalue weighted by molar-refractivity contribution is -0.119. The standard InChI is InChI=1S/C23H24N4OS/c28-21(24-20-12-6-8-16-7-4-5-11-19(16)20)15-29-23-26-25-22(17-13-14-17)27(23)18-9-2-1-3-10-18/h1-5,7,9-11,17,20H,6,8,12-15H2,(H,24,28)/t20-/m1/s1. The van der Waals surface area contributed by atoms with E-state index in [0.29, 0.717) is 11.7 Å². The van der Waals surface area contributed by atoms with Gasteiger partial charge in [-0.2, -0.15) is 0 Å². The number of benzene rings is 2. The maximum Gasteiger partial charge on any atom is 0.230 e. The van der Waals surface area contributed by atoms with Crippen LogP contribution in [0.5, 0.6) is 0 Å². The molecule has 1 heterocycles. The van der Waals surface area contributed by atoms with E-state index in [-0.39, 0.29) is 11.9 Å². The molecule has 1 atom stereocenters. The highest BCUT2D eigenvalue weighted by atomic mass is 32.2. The number of rotatable bonds is 6. The summed E-state index contributed by atoms with van der Waals surface area (Å²) in [5, 5.41) is 12.9. The maximum atomic E-state index is 12.7. The third-order valence-corrected chi connectivity index (χ3v) is 6.58. The number of nitrogens with zero attached hydrogens (tertiary/aromatic N) is 3. The first-order valence-corrected chi connectivity index (χ1v) is 11.3. The third kappa shape index (κ3) is 3.94. The summed E-state index contributed by atoms with van der Waals surface area (Å²) >= 11 is 1.46. The number of para-hydroxylation sites is 1. The van der Waals surface area contributed by atoms with Gasteiger partial charge in [-0.3, -0.25) is 9.36 Å². The van der Waals surface area contributed by atoms with Crippen LogP contribution in [0.15, 0.2) is 59.8 Å². The smallest absolute Gasteiger partial charge is 0.230 e. The number of aryl methyl sites for hydroxylation is 1. The minimum atomic E-state index is 0.0484. The van der Waals surface area contributed by atoms with Crippen molar-refractivity contribution in [2.24, 2.45) is 0 Å². The topological polar surface area (TPSA) is 59.8 Å². The second kappa shape index (κ2) is 8.03. The molecule has 2 aliphatic carbocycles. The van der Waals surface area contributed by atoms with E-state index in [0.717, 1.165) is 48.8 Å². The Morgan fingerprint density at radius 2 is 1.83 bits per heavy atom. The molecule has 1 N–H and O–H groups in total. The zero-order valence-electron chi connectivity index (χ0n) is 16.3. The Bertz CT molecular complexity index is 1010. The van der Waals surface area contributed by atoms with Crippen molar-refractivity contribution >= 4 is 17.7 Å². The first kappa shape index (κ1) is 18.4. The van der Waals surface area contributed by atoms with Gasteiger partial charge in [-0.05, 0) is 55.4 Å². The Morgan fingerprint density at radius 1 is 1.03 bits per heavy atom. The third-order valence-electron chi connectivity index (χ3n) is 5.65. The van der Waals surface area contributed by atoms with Crippen LogP contribution < -0.4 is 5.32 Å². The second-order valence-corrected chi connectivity index (χ2v) is 8.73. The van der Waals surface area contributed by atoms with Crippen molar-refractivity contribution < 1.29 is 4.79 Å². The van der Waals surface area contributed by atoms with Crippen LogP contribution in [0, 0.1) is 0 Å². The molecule has 0 radical (unpaired) electrons. The van der Waals surface area contributed by atoms with E-state index in [1.54, 1.807) is 0 Å². The summed E-state index contributed by atoms with van der Waals surface area (Å²) in [6, 6.07) is 18.7. The summed E-state index contributed by atoms with van der Waals surface area (Å²) in [7, 11) is 0. The maximum absolute atomic E-state index is 12.7. The molecule has 5 nitrogen and oxygen atoms in total. The first-order chi connectivity index (χ1) is 14.3. The minimum absolute atomic E-state index is 0.0484. The number of hydrogen-bond acceptors (Lipinski definition) is 4. The molecule has 2 aromatic carbocycles. The van der Waals surface area contributed by atoms with Crippen molar-refractivity contribution in [3.05, 3.63) is 71.5 Å². The van der Waals surface area contributed by atoms with Crippen LogP contribution in [0.2, 0.25) is 0 Å². The zero-order valence-corrected chi connectivity index (χ0v) is 17.1. The van der Waals surface area contributed by atoms with Gasteiger partial charge in [0.2, 0.25) is 5.91 Å². The van der Waals surface area contributed by atoms with Gasteiger partial charge in [0, 0.05) is 11.6 Å². The van der Waals surface area contributed by atoms with E-state index in [9.17, 15) is 4.79 Å². The Labute approximate surface area is 174 Å². The summed E-state index contributed by atoms with van der Waals surface area (Å²) in [6.45, 7) is 0. The quantitative estimate of drug-likeness (QED) is 0.618. The number of carbonyl (C=O) groups excluding carboxylic acids is 1. The van der Waals surface area contributed by atoms with Gasteiger partial charge < -0.3 is 5.32 Å². The number of nitrogens with one attached hydrogen (secondary N) is 1. The van der Waals surface area contributed by atoms with Crippen LogP contribution in [0.1, 0.15) is 54.6 Å². The lowest BCUT2D eigenvalue weighted by atomic mass is 9.88. The molecule has 0 spiro atoms. The van der Waals surface area contributed by atoms with Crippen molar-refractivity contribution in [2.75, 3.05) is 5.75 Å². The van der Waals surface area contributed by atoms with Gasteiger partial charge >= 0.3 is 0 Å². The molecule has 1 saturated carbocycles. The van der Waals surface area contributed by atoms with E-state index in [1.807, 2.05) is 18.2 Å². The normalized spacial score (nSPS) is 18.3. The predicted molar refractivity (Wildman–Crippen MR) is 114 cm³/mol. The van der Waals surface area contributed by atoms with E-state index in [2.05, 4.69) is 56.5 Å². The van der Waals surface area contributed by atoms with Crippen molar-refractivity contribution in [1.29, 1.82) is 0 Å². The Morgan fingerprint density at radius 3 is 2.66 bits per heavy atom. The fraction of sp³-hybridized carbons (Fsp3) is 0.348. The largest absolute Gasteiger partial charge is 0.349 e. The molecule has 0 saturated heterocycles. The number of aromatic nitrogens is 3. The van der Waals surface area contributed by atoms with Crippen LogP contribution in [0.3, 0.4) is 0 Å². The lowest BCUT2D eigenvalue weighted by Crippen LogP contribution is -2.32. The molecule has 148 valence electrons. The Kier molecular flexibility index (Phi) is 5.10. The molecule has 6 heteroatoms. The monoisotopic (exact) mass is 404 g/mol. The predicted octanol–water partition coefficient (Wildman–Crippen LogP) is 4.43. The fourth-order valence-corrected chi connectivity index (χ4v) is 4.84. The first-order valence-electron chi connectivity index (χ1n) is 10.3. The highest BCUT2D eigenvalue weighted by Gasteiger charge is 2.31. The molecule has 0 aliphatic heterocycles. The van der Waals surface area contributed by atoms with Crippen molar-refractivity contribution in [2.45, 2.75) is 49.2 Å². The van der Waals surface area contributed by atoms with Crippen LogP contribution in [-0.4, -0.2) is 26.4 Å². The number of carbonyl (C=O) groups is 1. The Hall–Kier alpha value is -2.60. The summed E-state index contributed by atoms with van der Waals surface area (Å²) in [4.78, 5) is 12.7. The number of amides is 1. The number of fused-ring (bicyclic) bond motifs is 1. The van der Waals surface area contributed by atoms with Gasteiger partial charge in [0.25, 0.3) is 0 Å². The molecule has 1 aromatic heterocycles. The molecule has 0 bridgehead atoms. The summed E-state index contributed by atoms with van der Waals surface area (Å²) < 4.78 is 2.12. The lowest BCUT2D eigenvalue weighted by Gasteiger charge is -2.26. The fourth-order valence-electron chi connectivity index (χ4n) is 4.07. The molecule has 3 aromatic rings. The van der Waals surface area contributed by atoms with Crippen LogP contribution in [0.4, 0.5) is 0 Å².